The van der Waals surface area contributed by atoms with Gasteiger partial charge in [0, 0.05) is 19.0 Å². The third kappa shape index (κ3) is 7.06. The van der Waals surface area contributed by atoms with Gasteiger partial charge in [-0.1, -0.05) is 43.2 Å². The van der Waals surface area contributed by atoms with Crippen LogP contribution in [0.5, 0.6) is 0 Å². The van der Waals surface area contributed by atoms with Gasteiger partial charge in [0.15, 0.2) is 0 Å². The molecule has 0 bridgehead atoms. The van der Waals surface area contributed by atoms with Crippen LogP contribution in [-0.2, 0) is 11.3 Å². The van der Waals surface area contributed by atoms with E-state index in [2.05, 4.69) is 17.0 Å². The van der Waals surface area contributed by atoms with Crippen LogP contribution in [-0.4, -0.2) is 51.8 Å². The molecule has 0 radical (unpaired) electrons. The van der Waals surface area contributed by atoms with Crippen LogP contribution in [0.4, 0.5) is 0 Å². The second kappa shape index (κ2) is 11.8. The van der Waals surface area contributed by atoms with Crippen molar-refractivity contribution in [3.05, 3.63) is 35.9 Å². The molecular formula is C17H29BCl2N2O4. The van der Waals surface area contributed by atoms with Gasteiger partial charge >= 0.3 is 13.1 Å². The molecule has 0 aliphatic carbocycles. The monoisotopic (exact) mass is 406 g/mol. The van der Waals surface area contributed by atoms with E-state index in [1.165, 1.54) is 5.56 Å². The fourth-order valence-corrected chi connectivity index (χ4v) is 3.47. The molecule has 1 aromatic carbocycles. The quantitative estimate of drug-likeness (QED) is 0.367. The number of carboxylic acid groups (broad SMARTS) is 1. The summed E-state index contributed by atoms with van der Waals surface area (Å²) >= 11 is 0. The SMILES string of the molecule is Cl.Cl.NC(CCCCB(O)O)(C(=O)O)C1CCN(Cc2ccccc2)C1. The van der Waals surface area contributed by atoms with Crippen LogP contribution in [0.3, 0.4) is 0 Å². The van der Waals surface area contributed by atoms with Crippen LogP contribution in [0.15, 0.2) is 30.3 Å². The van der Waals surface area contributed by atoms with Gasteiger partial charge in [0.2, 0.25) is 0 Å². The van der Waals surface area contributed by atoms with Gasteiger partial charge in [-0.3, -0.25) is 9.69 Å². The van der Waals surface area contributed by atoms with Crippen molar-refractivity contribution in [1.29, 1.82) is 0 Å². The molecule has 2 atom stereocenters. The summed E-state index contributed by atoms with van der Waals surface area (Å²) < 4.78 is 0. The summed E-state index contributed by atoms with van der Waals surface area (Å²) in [5.74, 6) is -1.05. The van der Waals surface area contributed by atoms with Crippen molar-refractivity contribution in [3.63, 3.8) is 0 Å². The van der Waals surface area contributed by atoms with E-state index in [1.807, 2.05) is 18.2 Å². The molecule has 0 spiro atoms. The summed E-state index contributed by atoms with van der Waals surface area (Å²) in [4.78, 5) is 14.0. The molecule has 2 rings (SSSR count). The fourth-order valence-electron chi connectivity index (χ4n) is 3.47. The Labute approximate surface area is 167 Å². The van der Waals surface area contributed by atoms with E-state index in [0.717, 1.165) is 19.5 Å². The molecule has 1 aliphatic rings. The van der Waals surface area contributed by atoms with E-state index in [4.69, 9.17) is 15.8 Å². The molecule has 2 unspecified atom stereocenters. The third-order valence-electron chi connectivity index (χ3n) is 4.95. The highest BCUT2D eigenvalue weighted by molar-refractivity contribution is 6.40. The van der Waals surface area contributed by atoms with Crippen molar-refractivity contribution in [2.24, 2.45) is 11.7 Å². The van der Waals surface area contributed by atoms with Gasteiger partial charge in [-0.2, -0.15) is 0 Å². The minimum atomic E-state index is -1.34. The number of carboxylic acids is 1. The second-order valence-corrected chi connectivity index (χ2v) is 6.78. The average molecular weight is 407 g/mol. The zero-order chi connectivity index (χ0) is 17.6. The number of hydrogen-bond donors (Lipinski definition) is 4. The summed E-state index contributed by atoms with van der Waals surface area (Å²) in [5, 5.41) is 27.4. The predicted molar refractivity (Wildman–Crippen MR) is 108 cm³/mol. The fraction of sp³-hybridized carbons (Fsp3) is 0.588. The Morgan fingerprint density at radius 2 is 1.88 bits per heavy atom. The molecule has 26 heavy (non-hydrogen) atoms. The number of nitrogens with two attached hydrogens (primary N) is 1. The minimum absolute atomic E-state index is 0. The first-order chi connectivity index (χ1) is 11.4. The van der Waals surface area contributed by atoms with Crippen molar-refractivity contribution in [3.8, 4) is 0 Å². The number of likely N-dealkylation sites (tertiary alicyclic amines) is 1. The van der Waals surface area contributed by atoms with E-state index in [-0.39, 0.29) is 37.1 Å². The Bertz CT molecular complexity index is 539. The highest BCUT2D eigenvalue weighted by Gasteiger charge is 2.44. The summed E-state index contributed by atoms with van der Waals surface area (Å²) in [5.41, 5.74) is 6.24. The molecule has 1 aromatic rings. The Hall–Kier alpha value is -0.825. The van der Waals surface area contributed by atoms with Gasteiger partial charge in [0.25, 0.3) is 0 Å². The normalized spacial score (nSPS) is 19.1. The van der Waals surface area contributed by atoms with Gasteiger partial charge in [0.05, 0.1) is 0 Å². The van der Waals surface area contributed by atoms with Crippen molar-refractivity contribution in [2.75, 3.05) is 13.1 Å². The topological polar surface area (TPSA) is 107 Å². The van der Waals surface area contributed by atoms with E-state index in [1.54, 1.807) is 0 Å². The standard InChI is InChI=1S/C17H27BN2O4.2ClH/c19-17(16(21)22,9-4-5-10-18(23)24)15-8-11-20(13-15)12-14-6-2-1-3-7-14;;/h1-3,6-7,15,23-24H,4-5,8-13,19H2,(H,21,22);2*1H. The Balaban J connectivity index is 0.00000312. The second-order valence-electron chi connectivity index (χ2n) is 6.78. The highest BCUT2D eigenvalue weighted by Crippen LogP contribution is 2.31. The van der Waals surface area contributed by atoms with Gasteiger partial charge in [0.1, 0.15) is 5.54 Å². The van der Waals surface area contributed by atoms with Crippen LogP contribution in [0.25, 0.3) is 0 Å². The van der Waals surface area contributed by atoms with Gasteiger partial charge in [-0.25, -0.2) is 0 Å². The van der Waals surface area contributed by atoms with E-state index in [0.29, 0.717) is 25.8 Å². The molecule has 0 amide bonds. The lowest BCUT2D eigenvalue weighted by molar-refractivity contribution is -0.145. The van der Waals surface area contributed by atoms with E-state index >= 15 is 0 Å². The molecule has 1 aliphatic heterocycles. The third-order valence-corrected chi connectivity index (χ3v) is 4.95. The number of benzene rings is 1. The Morgan fingerprint density at radius 3 is 2.46 bits per heavy atom. The van der Waals surface area contributed by atoms with E-state index < -0.39 is 18.6 Å². The lowest BCUT2D eigenvalue weighted by Gasteiger charge is -2.31. The van der Waals surface area contributed by atoms with Crippen LogP contribution in [0.1, 0.15) is 31.2 Å². The van der Waals surface area contributed by atoms with Gasteiger partial charge < -0.3 is 20.9 Å². The van der Waals surface area contributed by atoms with Crippen LogP contribution < -0.4 is 5.73 Å². The summed E-state index contributed by atoms with van der Waals surface area (Å²) in [7, 11) is -1.34. The van der Waals surface area contributed by atoms with Crippen LogP contribution in [0.2, 0.25) is 6.32 Å². The van der Waals surface area contributed by atoms with Crippen LogP contribution >= 0.6 is 24.8 Å². The number of rotatable bonds is 9. The van der Waals surface area contributed by atoms with Crippen molar-refractivity contribution in [1.82, 2.24) is 4.90 Å². The predicted octanol–water partition coefficient (Wildman–Crippen LogP) is 1.78. The van der Waals surface area contributed by atoms with Crippen molar-refractivity contribution < 1.29 is 19.9 Å². The molecular weight excluding hydrogens is 378 g/mol. The number of halogens is 2. The maximum atomic E-state index is 11.8. The molecule has 1 saturated heterocycles. The lowest BCUT2D eigenvalue weighted by Crippen LogP contribution is -2.55. The zero-order valence-corrected chi connectivity index (χ0v) is 16.4. The molecule has 0 aromatic heterocycles. The average Bonchev–Trinajstić information content (AvgIpc) is 3.01. The number of unbranched alkanes of at least 4 members (excludes halogenated alkanes) is 1. The summed E-state index contributed by atoms with van der Waals surface area (Å²) in [6, 6.07) is 10.1. The van der Waals surface area contributed by atoms with Gasteiger partial charge in [-0.15, -0.1) is 24.8 Å². The zero-order valence-electron chi connectivity index (χ0n) is 14.8. The van der Waals surface area contributed by atoms with Crippen molar-refractivity contribution >= 4 is 37.9 Å². The number of hydrogen-bond acceptors (Lipinski definition) is 5. The smallest absolute Gasteiger partial charge is 0.451 e. The number of aliphatic carboxylic acids is 1. The molecule has 5 N–H and O–H groups in total. The highest BCUT2D eigenvalue weighted by atomic mass is 35.5. The summed E-state index contributed by atoms with van der Waals surface area (Å²) in [6.07, 6.45) is 2.53. The molecule has 1 heterocycles. The largest absolute Gasteiger partial charge is 0.480 e. The molecule has 148 valence electrons. The summed E-state index contributed by atoms with van der Waals surface area (Å²) in [6.45, 7) is 2.34. The first-order valence-electron chi connectivity index (χ1n) is 8.56. The number of nitrogens with zero attached hydrogens (tertiary/aromatic N) is 1. The Morgan fingerprint density at radius 1 is 1.23 bits per heavy atom. The lowest BCUT2D eigenvalue weighted by atomic mass is 9.77. The van der Waals surface area contributed by atoms with Crippen molar-refractivity contribution in [2.45, 2.75) is 44.1 Å². The maximum absolute atomic E-state index is 11.8. The maximum Gasteiger partial charge on any atom is 0.451 e. The molecule has 9 heteroatoms. The first kappa shape index (κ1) is 25.2. The molecule has 1 fully saturated rings. The Kier molecular flexibility index (Phi) is 11.4. The molecule has 0 saturated carbocycles. The number of carbonyl (C=O) groups is 1. The van der Waals surface area contributed by atoms with E-state index in [9.17, 15) is 9.90 Å². The van der Waals surface area contributed by atoms with Gasteiger partial charge in [-0.05, 0) is 31.3 Å². The van der Waals surface area contributed by atoms with Crippen LogP contribution in [0, 0.1) is 5.92 Å². The molecule has 6 nitrogen and oxygen atoms in total. The minimum Gasteiger partial charge on any atom is -0.480 e. The first-order valence-corrected chi connectivity index (χ1v) is 8.56.